The second kappa shape index (κ2) is 5.69. The molecule has 1 rings (SSSR count). The average Bonchev–Trinajstić information content (AvgIpc) is 2.29. The maximum absolute atomic E-state index is 10.8. The highest BCUT2D eigenvalue weighted by molar-refractivity contribution is 5.24. The van der Waals surface area contributed by atoms with Crippen LogP contribution in [0.15, 0.2) is 23.9 Å². The first-order valence-corrected chi connectivity index (χ1v) is 5.46. The quantitative estimate of drug-likeness (QED) is 0.327. The van der Waals surface area contributed by atoms with Crippen molar-refractivity contribution < 1.29 is 19.7 Å². The number of hydrogen-bond acceptors (Lipinski definition) is 6. The topological polar surface area (TPSA) is 116 Å². The van der Waals surface area contributed by atoms with E-state index in [0.717, 1.165) is 24.6 Å². The van der Waals surface area contributed by atoms with E-state index in [0.29, 0.717) is 6.42 Å². The van der Waals surface area contributed by atoms with Crippen LogP contribution in [0.25, 0.3) is 0 Å². The van der Waals surface area contributed by atoms with Crippen molar-refractivity contribution in [3.05, 3.63) is 44.2 Å². The summed E-state index contributed by atoms with van der Waals surface area (Å²) in [5.74, 6) is -2.13. The fourth-order valence-electron chi connectivity index (χ4n) is 1.49. The van der Waals surface area contributed by atoms with Crippen LogP contribution in [0.2, 0.25) is 0 Å². The van der Waals surface area contributed by atoms with E-state index < -0.39 is 27.4 Å². The minimum Gasteiger partial charge on any atom is -0.357 e. The fraction of sp³-hybridized carbons (Fsp3) is 0.600. The molecule has 0 saturated carbocycles. The minimum absolute atomic E-state index is 0.142. The number of nitrogens with zero attached hydrogens (tertiary/aromatic N) is 2. The van der Waals surface area contributed by atoms with Crippen LogP contribution < -0.4 is 0 Å². The maximum Gasteiger partial charge on any atom is 0.294 e. The van der Waals surface area contributed by atoms with Gasteiger partial charge in [0.05, 0.1) is 17.6 Å². The van der Waals surface area contributed by atoms with Crippen LogP contribution in [-0.4, -0.2) is 33.4 Å². The zero-order chi connectivity index (χ0) is 13.8. The maximum atomic E-state index is 10.8. The van der Waals surface area contributed by atoms with Gasteiger partial charge in [-0.1, -0.05) is 13.3 Å². The molecule has 8 nitrogen and oxygen atoms in total. The SMILES string of the molecule is CCCCOC1(O)C=CC([N+](=O)[O-])=CC1[N+](=O)[O-]. The summed E-state index contributed by atoms with van der Waals surface area (Å²) in [5.41, 5.74) is -0.430. The molecule has 0 saturated heterocycles. The Morgan fingerprint density at radius 1 is 1.50 bits per heavy atom. The molecule has 2 unspecified atom stereocenters. The van der Waals surface area contributed by atoms with Crippen LogP contribution >= 0.6 is 0 Å². The minimum atomic E-state index is -2.13. The number of allylic oxidation sites excluding steroid dienone is 1. The van der Waals surface area contributed by atoms with Gasteiger partial charge in [-0.2, -0.15) is 0 Å². The van der Waals surface area contributed by atoms with E-state index in [4.69, 9.17) is 4.74 Å². The lowest BCUT2D eigenvalue weighted by atomic mass is 10.0. The molecular weight excluding hydrogens is 244 g/mol. The number of aliphatic hydroxyl groups is 1. The van der Waals surface area contributed by atoms with Gasteiger partial charge in [0.25, 0.3) is 17.5 Å². The average molecular weight is 258 g/mol. The summed E-state index contributed by atoms with van der Waals surface area (Å²) in [6.07, 6.45) is 4.18. The van der Waals surface area contributed by atoms with E-state index in [1.54, 1.807) is 0 Å². The molecule has 0 aliphatic heterocycles. The van der Waals surface area contributed by atoms with Crippen molar-refractivity contribution in [2.24, 2.45) is 0 Å². The molecule has 1 aliphatic carbocycles. The van der Waals surface area contributed by atoms with Crippen LogP contribution in [-0.2, 0) is 4.74 Å². The number of hydrogen-bond donors (Lipinski definition) is 1. The molecular formula is C10H14N2O6. The second-order valence-electron chi connectivity index (χ2n) is 3.87. The van der Waals surface area contributed by atoms with Gasteiger partial charge in [0.1, 0.15) is 0 Å². The van der Waals surface area contributed by atoms with Crippen molar-refractivity contribution in [3.63, 3.8) is 0 Å². The van der Waals surface area contributed by atoms with Crippen molar-refractivity contribution in [1.29, 1.82) is 0 Å². The Balaban J connectivity index is 2.90. The second-order valence-corrected chi connectivity index (χ2v) is 3.87. The first-order chi connectivity index (χ1) is 8.40. The van der Waals surface area contributed by atoms with Crippen LogP contribution in [0.4, 0.5) is 0 Å². The molecule has 0 fully saturated rings. The summed E-state index contributed by atoms with van der Waals surface area (Å²) in [6.45, 7) is 2.04. The summed E-state index contributed by atoms with van der Waals surface area (Å²) in [4.78, 5) is 19.8. The van der Waals surface area contributed by atoms with Gasteiger partial charge < -0.3 is 9.84 Å². The monoisotopic (exact) mass is 258 g/mol. The van der Waals surface area contributed by atoms with Gasteiger partial charge in [-0.3, -0.25) is 20.2 Å². The van der Waals surface area contributed by atoms with Gasteiger partial charge in [-0.25, -0.2) is 0 Å². The lowest BCUT2D eigenvalue weighted by molar-refractivity contribution is -0.548. The summed E-state index contributed by atoms with van der Waals surface area (Å²) < 4.78 is 5.07. The van der Waals surface area contributed by atoms with Crippen LogP contribution in [0.1, 0.15) is 19.8 Å². The zero-order valence-electron chi connectivity index (χ0n) is 9.81. The smallest absolute Gasteiger partial charge is 0.294 e. The fourth-order valence-corrected chi connectivity index (χ4v) is 1.49. The Morgan fingerprint density at radius 2 is 2.17 bits per heavy atom. The van der Waals surface area contributed by atoms with Gasteiger partial charge in [0.2, 0.25) is 0 Å². The molecule has 0 heterocycles. The van der Waals surface area contributed by atoms with Crippen molar-refractivity contribution in [2.45, 2.75) is 31.6 Å². The van der Waals surface area contributed by atoms with Crippen LogP contribution in [0, 0.1) is 20.2 Å². The number of rotatable bonds is 6. The van der Waals surface area contributed by atoms with Gasteiger partial charge >= 0.3 is 0 Å². The van der Waals surface area contributed by atoms with Gasteiger partial charge in [-0.15, -0.1) is 0 Å². The first kappa shape index (κ1) is 14.3. The third-order valence-electron chi connectivity index (χ3n) is 2.51. The molecule has 0 amide bonds. The van der Waals surface area contributed by atoms with E-state index >= 15 is 0 Å². The Hall–Kier alpha value is -1.80. The Labute approximate surface area is 103 Å². The molecule has 2 atom stereocenters. The molecule has 8 heteroatoms. The predicted molar refractivity (Wildman–Crippen MR) is 60.8 cm³/mol. The lowest BCUT2D eigenvalue weighted by Gasteiger charge is -2.27. The summed E-state index contributed by atoms with van der Waals surface area (Å²) >= 11 is 0. The molecule has 1 N–H and O–H groups in total. The first-order valence-electron chi connectivity index (χ1n) is 5.46. The summed E-state index contributed by atoms with van der Waals surface area (Å²) in [5, 5.41) is 31.4. The van der Waals surface area contributed by atoms with E-state index in [2.05, 4.69) is 0 Å². The Bertz CT molecular complexity index is 405. The van der Waals surface area contributed by atoms with Crippen molar-refractivity contribution >= 4 is 0 Å². The lowest BCUT2D eigenvalue weighted by Crippen LogP contribution is -2.48. The Morgan fingerprint density at radius 3 is 2.67 bits per heavy atom. The van der Waals surface area contributed by atoms with Crippen LogP contribution in [0.3, 0.4) is 0 Å². The molecule has 0 aromatic carbocycles. The number of unbranched alkanes of at least 4 members (excludes halogenated alkanes) is 1. The normalized spacial score (nSPS) is 26.8. The largest absolute Gasteiger partial charge is 0.357 e. The van der Waals surface area contributed by atoms with Gasteiger partial charge in [0.15, 0.2) is 0 Å². The van der Waals surface area contributed by atoms with E-state index in [1.165, 1.54) is 0 Å². The predicted octanol–water partition coefficient (Wildman–Crippen LogP) is 0.867. The van der Waals surface area contributed by atoms with Gasteiger partial charge in [0, 0.05) is 11.0 Å². The molecule has 0 aromatic heterocycles. The third kappa shape index (κ3) is 3.11. The molecule has 18 heavy (non-hydrogen) atoms. The van der Waals surface area contributed by atoms with Crippen molar-refractivity contribution in [2.75, 3.05) is 6.61 Å². The standard InChI is InChI=1S/C10H14N2O6/c1-2-3-6-18-10(13)5-4-8(11(14)15)7-9(10)12(16)17/h4-5,7,9,13H,2-3,6H2,1H3. The van der Waals surface area contributed by atoms with Gasteiger partial charge in [-0.05, 0) is 12.5 Å². The highest BCUT2D eigenvalue weighted by Gasteiger charge is 2.47. The van der Waals surface area contributed by atoms with Crippen molar-refractivity contribution in [1.82, 2.24) is 0 Å². The van der Waals surface area contributed by atoms with E-state index in [1.807, 2.05) is 6.92 Å². The van der Waals surface area contributed by atoms with Crippen LogP contribution in [0.5, 0.6) is 0 Å². The molecule has 1 aliphatic rings. The molecule has 0 spiro atoms. The summed E-state index contributed by atoms with van der Waals surface area (Å²) in [7, 11) is 0. The molecule has 0 bridgehead atoms. The summed E-state index contributed by atoms with van der Waals surface area (Å²) in [6, 6.07) is -1.68. The third-order valence-corrected chi connectivity index (χ3v) is 2.51. The van der Waals surface area contributed by atoms with E-state index in [-0.39, 0.29) is 6.61 Å². The van der Waals surface area contributed by atoms with Crippen molar-refractivity contribution in [3.8, 4) is 0 Å². The molecule has 100 valence electrons. The zero-order valence-corrected chi connectivity index (χ0v) is 9.81. The van der Waals surface area contributed by atoms with E-state index in [9.17, 15) is 25.3 Å². The molecule has 0 aromatic rings. The highest BCUT2D eigenvalue weighted by Crippen LogP contribution is 2.25. The molecule has 0 radical (unpaired) electrons. The Kier molecular flexibility index (Phi) is 4.51. The highest BCUT2D eigenvalue weighted by atomic mass is 16.7. The number of nitro groups is 2. The number of ether oxygens (including phenoxy) is 1.